The zero-order chi connectivity index (χ0) is 66.3. The Morgan fingerprint density at radius 3 is 2.15 bits per heavy atom. The van der Waals surface area contributed by atoms with Gasteiger partial charge in [-0.05, 0) is 72.6 Å². The van der Waals surface area contributed by atoms with Crippen LogP contribution in [0.3, 0.4) is 0 Å². The highest BCUT2D eigenvalue weighted by molar-refractivity contribution is 6.12. The SMILES string of the molecule is COc1ccc([C@@]23Oc4cc(O[C@@H]5O[C@@H]([C@H](O)CO)CO[C@H]5OC)cc(OC)c4[C@]2(O)[C@H](O)[C@H](C(=O)NCCNC(=O)OCc2ccc(NC(=O)[C@H](CCCNC(N)=O)NC(=O)[C@@H](NC(=O)CCCCCN4C(=O)C=CC4=O)C(C)C)cc2)[C@H]3c2ccccc2)cc1. The highest BCUT2D eigenvalue weighted by Crippen LogP contribution is 2.70. The summed E-state index contributed by atoms with van der Waals surface area (Å²) < 4.78 is 47.2. The number of carbonyl (C=O) groups is 8. The molecule has 28 nitrogen and oxygen atoms in total. The van der Waals surface area contributed by atoms with E-state index in [0.717, 1.165) is 4.90 Å². The number of hydrogen-bond donors (Lipinski definition) is 11. The summed E-state index contributed by atoms with van der Waals surface area (Å²) in [6.45, 7) is 2.61. The highest BCUT2D eigenvalue weighted by atomic mass is 16.8. The van der Waals surface area contributed by atoms with Crippen molar-refractivity contribution >= 4 is 53.3 Å². The lowest BCUT2D eigenvalue weighted by molar-refractivity contribution is -0.324. The number of methoxy groups -OCH3 is 3. The number of amides is 9. The number of primary amides is 1. The lowest BCUT2D eigenvalue weighted by atomic mass is 9.70. The number of fused-ring (bicyclic) bond motifs is 3. The van der Waals surface area contributed by atoms with Gasteiger partial charge in [0, 0.05) is 75.6 Å². The third kappa shape index (κ3) is 15.7. The van der Waals surface area contributed by atoms with E-state index in [-0.39, 0.29) is 99.2 Å². The number of aliphatic hydroxyl groups is 4. The van der Waals surface area contributed by atoms with Crippen LogP contribution in [0.2, 0.25) is 0 Å². The minimum absolute atomic E-state index is 0.000947. The van der Waals surface area contributed by atoms with E-state index < -0.39 is 108 Å². The molecule has 0 aromatic heterocycles. The lowest BCUT2D eigenvalue weighted by Crippen LogP contribution is -2.54. The fourth-order valence-corrected chi connectivity index (χ4v) is 11.8. The number of benzene rings is 4. The summed E-state index contributed by atoms with van der Waals surface area (Å²) >= 11 is 0. The second kappa shape index (κ2) is 31.4. The van der Waals surface area contributed by atoms with Gasteiger partial charge < -0.3 is 96.0 Å². The molecule has 4 aliphatic rings. The van der Waals surface area contributed by atoms with Gasteiger partial charge in [0.1, 0.15) is 60.0 Å². The zero-order valence-corrected chi connectivity index (χ0v) is 51.6. The summed E-state index contributed by atoms with van der Waals surface area (Å²) in [5.74, 6) is -5.42. The van der Waals surface area contributed by atoms with Crippen LogP contribution in [0.1, 0.15) is 80.5 Å². The summed E-state index contributed by atoms with van der Waals surface area (Å²) in [6, 6.07) is 21.7. The van der Waals surface area contributed by atoms with Gasteiger partial charge in [-0.25, -0.2) is 9.59 Å². The Morgan fingerprint density at radius 1 is 0.793 bits per heavy atom. The molecular weight excluding hydrogens is 1200 g/mol. The monoisotopic (exact) mass is 1280 g/mol. The number of urea groups is 1. The summed E-state index contributed by atoms with van der Waals surface area (Å²) in [6.07, 6.45) is -3.05. The van der Waals surface area contributed by atoms with Crippen molar-refractivity contribution in [3.63, 3.8) is 0 Å². The van der Waals surface area contributed by atoms with Gasteiger partial charge in [-0.3, -0.25) is 33.7 Å². The molecule has 496 valence electrons. The molecule has 8 rings (SSSR count). The largest absolute Gasteiger partial charge is 0.497 e. The molecule has 11 atom stereocenters. The molecule has 3 heterocycles. The normalized spacial score (nSPS) is 23.0. The third-order valence-electron chi connectivity index (χ3n) is 16.4. The predicted octanol–water partition coefficient (Wildman–Crippen LogP) is 1.94. The Hall–Kier alpha value is -8.90. The smallest absolute Gasteiger partial charge is 0.407 e. The second-order valence-corrected chi connectivity index (χ2v) is 22.8. The van der Waals surface area contributed by atoms with Crippen LogP contribution < -0.4 is 56.6 Å². The van der Waals surface area contributed by atoms with Gasteiger partial charge in [0.2, 0.25) is 29.9 Å². The molecule has 0 bridgehead atoms. The molecular formula is C64H80N8O20. The standard InChI is InChI=1S/C64H80N8O20/c1-36(2)54(71-48(75)16-10-7-11-30-72-49(76)25-26-50(72)77)58(81)70-43(15-12-27-67-61(65)82)56(79)69-40-21-17-37(18-22-40)34-89-62(83)68-29-28-66-57(80)51-52(38-13-8-6-9-14-38)64(39-19-23-41(85-3)24-20-39)63(84,55(51)78)53-45(86-4)31-42(32-46(53)92-64)90-60-59(87-5)88-35-47(91-60)44(74)33-73/h6,8-9,13-14,17-26,31-32,36,43-44,47,51-52,54-55,59-60,73-74,78,84H,7,10-12,15-16,27-30,33-35H2,1-5H3,(H,66,80)(H,68,83)(H,69,79)(H,70,81)(H,71,75)(H3,65,67,82)/t43-,44+,47+,51+,52+,54-,55+,59+,60+,63-,64-/m0/s1. The van der Waals surface area contributed by atoms with Crippen LogP contribution in [-0.2, 0) is 65.5 Å². The molecule has 1 aliphatic carbocycles. The third-order valence-corrected chi connectivity index (χ3v) is 16.4. The molecule has 0 unspecified atom stereocenters. The number of nitrogens with two attached hydrogens (primary N) is 1. The van der Waals surface area contributed by atoms with Crippen LogP contribution in [0.4, 0.5) is 15.3 Å². The average Bonchev–Trinajstić information content (AvgIpc) is 1.49. The number of hydrogen-bond acceptors (Lipinski definition) is 20. The van der Waals surface area contributed by atoms with Crippen molar-refractivity contribution in [2.45, 2.75) is 119 Å². The maximum atomic E-state index is 14.8. The van der Waals surface area contributed by atoms with Crippen molar-refractivity contribution in [3.8, 4) is 23.0 Å². The first-order chi connectivity index (χ1) is 44.2. The summed E-state index contributed by atoms with van der Waals surface area (Å²) in [4.78, 5) is 104. The van der Waals surface area contributed by atoms with Crippen molar-refractivity contribution in [2.24, 2.45) is 17.6 Å². The van der Waals surface area contributed by atoms with Crippen molar-refractivity contribution in [3.05, 3.63) is 125 Å². The molecule has 92 heavy (non-hydrogen) atoms. The van der Waals surface area contributed by atoms with E-state index in [2.05, 4.69) is 31.9 Å². The number of aliphatic hydroxyl groups excluding tert-OH is 3. The van der Waals surface area contributed by atoms with Gasteiger partial charge in [0.05, 0.1) is 38.9 Å². The maximum absolute atomic E-state index is 14.8. The average molecular weight is 1280 g/mol. The van der Waals surface area contributed by atoms with Crippen molar-refractivity contribution in [1.29, 1.82) is 0 Å². The maximum Gasteiger partial charge on any atom is 0.407 e. The quantitative estimate of drug-likeness (QED) is 0.0253. The first kappa shape index (κ1) is 69.0. The first-order valence-electron chi connectivity index (χ1n) is 30.2. The van der Waals surface area contributed by atoms with Crippen molar-refractivity contribution in [1.82, 2.24) is 31.5 Å². The van der Waals surface area contributed by atoms with E-state index in [9.17, 15) is 58.8 Å². The van der Waals surface area contributed by atoms with Crippen molar-refractivity contribution in [2.75, 3.05) is 66.0 Å². The van der Waals surface area contributed by atoms with Crippen LogP contribution >= 0.6 is 0 Å². The van der Waals surface area contributed by atoms with E-state index in [1.165, 1.54) is 45.6 Å². The molecule has 9 amide bonds. The molecule has 1 saturated carbocycles. The number of imide groups is 1. The molecule has 1 saturated heterocycles. The van der Waals surface area contributed by atoms with Crippen LogP contribution in [-0.4, -0.2) is 177 Å². The van der Waals surface area contributed by atoms with E-state index in [4.69, 9.17) is 43.6 Å². The number of unbranched alkanes of at least 4 members (excludes halogenated alkanes) is 2. The Bertz CT molecular complexity index is 3270. The number of rotatable bonds is 31. The van der Waals surface area contributed by atoms with E-state index in [1.807, 2.05) is 0 Å². The Morgan fingerprint density at radius 2 is 1.50 bits per heavy atom. The first-order valence-corrected chi connectivity index (χ1v) is 30.2. The number of carbonyl (C=O) groups excluding carboxylic acids is 8. The van der Waals surface area contributed by atoms with Crippen molar-refractivity contribution < 1.29 is 96.7 Å². The molecule has 0 spiro atoms. The van der Waals surface area contributed by atoms with Gasteiger partial charge in [0.25, 0.3) is 18.1 Å². The topological polar surface area (TPSA) is 393 Å². The fourth-order valence-electron chi connectivity index (χ4n) is 11.8. The highest BCUT2D eigenvalue weighted by Gasteiger charge is 2.78. The molecule has 12 N–H and O–H groups in total. The van der Waals surface area contributed by atoms with Gasteiger partial charge in [-0.2, -0.15) is 0 Å². The summed E-state index contributed by atoms with van der Waals surface area (Å²) in [7, 11) is 4.20. The number of ether oxygens (including phenoxy) is 8. The van der Waals surface area contributed by atoms with E-state index in [1.54, 1.807) is 92.7 Å². The molecule has 28 heteroatoms. The molecule has 0 radical (unpaired) electrons. The Kier molecular flexibility index (Phi) is 23.6. The number of nitrogens with zero attached hydrogens (tertiary/aromatic N) is 1. The summed E-state index contributed by atoms with van der Waals surface area (Å²) in [5, 5.41) is 62.4. The van der Waals surface area contributed by atoms with Crippen LogP contribution in [0.15, 0.2) is 103 Å². The summed E-state index contributed by atoms with van der Waals surface area (Å²) in [5.41, 5.74) is 2.56. The number of anilines is 1. The minimum atomic E-state index is -2.43. The van der Waals surface area contributed by atoms with Gasteiger partial charge >= 0.3 is 12.1 Å². The van der Waals surface area contributed by atoms with Crippen LogP contribution in [0, 0.1) is 11.8 Å². The molecule has 4 aromatic carbocycles. The van der Waals surface area contributed by atoms with Crippen LogP contribution in [0.25, 0.3) is 0 Å². The molecule has 4 aromatic rings. The minimum Gasteiger partial charge on any atom is -0.497 e. The zero-order valence-electron chi connectivity index (χ0n) is 51.6. The second-order valence-electron chi connectivity index (χ2n) is 22.8. The van der Waals surface area contributed by atoms with E-state index in [0.29, 0.717) is 47.4 Å². The molecule has 2 fully saturated rings. The van der Waals surface area contributed by atoms with Gasteiger partial charge in [-0.15, -0.1) is 0 Å². The molecule has 3 aliphatic heterocycles. The van der Waals surface area contributed by atoms with E-state index >= 15 is 0 Å². The van der Waals surface area contributed by atoms with Gasteiger partial charge in [-0.1, -0.05) is 74.9 Å². The Labute approximate surface area is 530 Å². The Balaban J connectivity index is 0.885. The predicted molar refractivity (Wildman–Crippen MR) is 326 cm³/mol. The number of nitrogens with one attached hydrogen (secondary N) is 6. The fraction of sp³-hybridized carbons (Fsp3) is 0.469. The van der Waals surface area contributed by atoms with Gasteiger partial charge in [0.15, 0.2) is 11.2 Å². The van der Waals surface area contributed by atoms with Crippen LogP contribution in [0.5, 0.6) is 23.0 Å². The lowest BCUT2D eigenvalue weighted by Gasteiger charge is -2.40. The number of alkyl carbamates (subject to hydrolysis) is 1.